The molecular weight excluding hydrogens is 374 g/mol. The number of anilines is 1. The number of aromatic nitrogens is 2. The number of carbonyl (C=O) groups excluding carboxylic acids is 1. The lowest BCUT2D eigenvalue weighted by molar-refractivity contribution is -0.113. The van der Waals surface area contributed by atoms with E-state index in [4.69, 9.17) is 0 Å². The number of rotatable bonds is 5. The van der Waals surface area contributed by atoms with Crippen LogP contribution in [0.4, 0.5) is 5.69 Å². The molecule has 142 valence electrons. The molecule has 4 bridgehead atoms. The van der Waals surface area contributed by atoms with Crippen LogP contribution in [0.2, 0.25) is 0 Å². The number of nitrogens with one attached hydrogen (secondary N) is 1. The fourth-order valence-corrected chi connectivity index (χ4v) is 7.65. The Hall–Kier alpha value is -1.40. The molecule has 6 heteroatoms. The van der Waals surface area contributed by atoms with E-state index in [0.29, 0.717) is 11.2 Å². The SMILES string of the molecule is Cc1nnc(SCC(=O)Nc2ccc(C34CC5CC(CC(C5)C3)C4)cc2)s1. The summed E-state index contributed by atoms with van der Waals surface area (Å²) < 4.78 is 0.847. The quantitative estimate of drug-likeness (QED) is 0.715. The van der Waals surface area contributed by atoms with Gasteiger partial charge < -0.3 is 5.32 Å². The summed E-state index contributed by atoms with van der Waals surface area (Å²) in [4.78, 5) is 12.2. The van der Waals surface area contributed by atoms with Crippen molar-refractivity contribution in [2.75, 3.05) is 11.1 Å². The Morgan fingerprint density at radius 2 is 1.74 bits per heavy atom. The summed E-state index contributed by atoms with van der Waals surface area (Å²) in [7, 11) is 0. The van der Waals surface area contributed by atoms with Crippen LogP contribution in [0, 0.1) is 24.7 Å². The Morgan fingerprint density at radius 1 is 1.11 bits per heavy atom. The lowest BCUT2D eigenvalue weighted by Crippen LogP contribution is -2.48. The molecule has 1 N–H and O–H groups in total. The van der Waals surface area contributed by atoms with Crippen LogP contribution in [0.1, 0.15) is 49.1 Å². The second kappa shape index (κ2) is 6.89. The summed E-state index contributed by atoms with van der Waals surface area (Å²) in [5.74, 6) is 3.24. The third kappa shape index (κ3) is 3.54. The van der Waals surface area contributed by atoms with Crippen molar-refractivity contribution in [3.05, 3.63) is 34.8 Å². The number of nitrogens with zero attached hydrogens (tertiary/aromatic N) is 2. The molecule has 0 saturated heterocycles. The van der Waals surface area contributed by atoms with Crippen LogP contribution in [0.15, 0.2) is 28.6 Å². The van der Waals surface area contributed by atoms with Gasteiger partial charge in [-0.05, 0) is 86.3 Å². The number of hydrogen-bond acceptors (Lipinski definition) is 5. The van der Waals surface area contributed by atoms with Crippen molar-refractivity contribution in [3.8, 4) is 0 Å². The van der Waals surface area contributed by atoms with Crippen LogP contribution >= 0.6 is 23.1 Å². The smallest absolute Gasteiger partial charge is 0.234 e. The first-order valence-electron chi connectivity index (χ1n) is 9.91. The molecule has 4 nitrogen and oxygen atoms in total. The fourth-order valence-electron chi connectivity index (χ4n) is 6.03. The van der Waals surface area contributed by atoms with Crippen LogP contribution < -0.4 is 5.32 Å². The van der Waals surface area contributed by atoms with Crippen molar-refractivity contribution in [1.29, 1.82) is 0 Å². The summed E-state index contributed by atoms with van der Waals surface area (Å²) in [6.07, 6.45) is 8.55. The molecule has 4 fully saturated rings. The van der Waals surface area contributed by atoms with Gasteiger partial charge in [0.25, 0.3) is 0 Å². The Labute approximate surface area is 168 Å². The molecule has 0 aliphatic heterocycles. The molecule has 4 aliphatic carbocycles. The molecule has 1 heterocycles. The van der Waals surface area contributed by atoms with E-state index in [1.54, 1.807) is 0 Å². The number of aryl methyl sites for hydroxylation is 1. The molecule has 1 aromatic carbocycles. The first kappa shape index (κ1) is 17.7. The molecule has 2 aromatic rings. The van der Waals surface area contributed by atoms with Gasteiger partial charge in [0.05, 0.1) is 5.75 Å². The van der Waals surface area contributed by atoms with Crippen LogP contribution in [0.25, 0.3) is 0 Å². The van der Waals surface area contributed by atoms with Gasteiger partial charge in [-0.15, -0.1) is 10.2 Å². The minimum absolute atomic E-state index is 0.00964. The fraction of sp³-hybridized carbons (Fsp3) is 0.571. The van der Waals surface area contributed by atoms with Crippen molar-refractivity contribution >= 4 is 34.7 Å². The van der Waals surface area contributed by atoms with Gasteiger partial charge >= 0.3 is 0 Å². The molecule has 0 atom stereocenters. The van der Waals surface area contributed by atoms with E-state index in [9.17, 15) is 4.79 Å². The standard InChI is InChI=1S/C21H25N3OS2/c1-13-23-24-20(27-13)26-12-19(25)22-18-4-2-17(3-5-18)21-9-14-6-15(10-21)8-16(7-14)11-21/h2-5,14-16H,6-12H2,1H3,(H,22,25). The zero-order valence-corrected chi connectivity index (χ0v) is 17.2. The van der Waals surface area contributed by atoms with Gasteiger partial charge in [-0.25, -0.2) is 0 Å². The molecule has 4 aliphatic rings. The highest BCUT2D eigenvalue weighted by Crippen LogP contribution is 2.60. The van der Waals surface area contributed by atoms with Crippen molar-refractivity contribution in [3.63, 3.8) is 0 Å². The van der Waals surface area contributed by atoms with Gasteiger partial charge in [0.2, 0.25) is 5.91 Å². The average molecular weight is 400 g/mol. The molecule has 1 amide bonds. The van der Waals surface area contributed by atoms with Crippen molar-refractivity contribution < 1.29 is 4.79 Å². The Kier molecular flexibility index (Phi) is 4.51. The molecular formula is C21H25N3OS2. The molecule has 0 spiro atoms. The molecule has 1 aromatic heterocycles. The molecule has 0 unspecified atom stereocenters. The topological polar surface area (TPSA) is 54.9 Å². The summed E-state index contributed by atoms with van der Waals surface area (Å²) in [5.41, 5.74) is 2.81. The molecule has 4 saturated carbocycles. The highest BCUT2D eigenvalue weighted by Gasteiger charge is 2.51. The average Bonchev–Trinajstić information content (AvgIpc) is 3.05. The van der Waals surface area contributed by atoms with Crippen LogP contribution in [-0.4, -0.2) is 21.9 Å². The second-order valence-corrected chi connectivity index (χ2v) is 11.1. The predicted molar refractivity (Wildman–Crippen MR) is 110 cm³/mol. The van der Waals surface area contributed by atoms with E-state index in [2.05, 4.69) is 39.8 Å². The zero-order chi connectivity index (χ0) is 18.4. The Bertz CT molecular complexity index is 810. The minimum Gasteiger partial charge on any atom is -0.325 e. The van der Waals surface area contributed by atoms with Crippen molar-refractivity contribution in [2.45, 2.75) is 55.2 Å². The monoisotopic (exact) mass is 399 g/mol. The molecule has 0 radical (unpaired) electrons. The van der Waals surface area contributed by atoms with Crippen LogP contribution in [0.5, 0.6) is 0 Å². The van der Waals surface area contributed by atoms with Crippen molar-refractivity contribution in [2.24, 2.45) is 17.8 Å². The van der Waals surface area contributed by atoms with Gasteiger partial charge in [0.1, 0.15) is 5.01 Å². The zero-order valence-electron chi connectivity index (χ0n) is 15.6. The highest BCUT2D eigenvalue weighted by molar-refractivity contribution is 8.01. The summed E-state index contributed by atoms with van der Waals surface area (Å²) >= 11 is 2.97. The minimum atomic E-state index is 0.00964. The maximum atomic E-state index is 12.2. The van der Waals surface area contributed by atoms with Crippen LogP contribution in [-0.2, 0) is 10.2 Å². The van der Waals surface area contributed by atoms with E-state index in [1.807, 2.05) is 6.92 Å². The summed E-state index contributed by atoms with van der Waals surface area (Å²) in [5, 5.41) is 12.0. The van der Waals surface area contributed by atoms with Gasteiger partial charge in [-0.1, -0.05) is 35.2 Å². The number of amides is 1. The van der Waals surface area contributed by atoms with E-state index in [1.165, 1.54) is 67.2 Å². The Morgan fingerprint density at radius 3 is 2.30 bits per heavy atom. The second-order valence-electron chi connectivity index (χ2n) is 8.70. The lowest BCUT2D eigenvalue weighted by Gasteiger charge is -2.57. The van der Waals surface area contributed by atoms with E-state index in [0.717, 1.165) is 32.8 Å². The van der Waals surface area contributed by atoms with Crippen molar-refractivity contribution in [1.82, 2.24) is 10.2 Å². The summed E-state index contributed by atoms with van der Waals surface area (Å²) in [6.45, 7) is 1.92. The highest BCUT2D eigenvalue weighted by atomic mass is 32.2. The van der Waals surface area contributed by atoms with E-state index in [-0.39, 0.29) is 5.91 Å². The maximum Gasteiger partial charge on any atom is 0.234 e. The van der Waals surface area contributed by atoms with E-state index < -0.39 is 0 Å². The van der Waals surface area contributed by atoms with Gasteiger partial charge in [-0.2, -0.15) is 0 Å². The molecule has 27 heavy (non-hydrogen) atoms. The third-order valence-electron chi connectivity index (χ3n) is 6.65. The first-order valence-corrected chi connectivity index (χ1v) is 11.7. The number of carbonyl (C=O) groups is 1. The maximum absolute atomic E-state index is 12.2. The molecule has 6 rings (SSSR count). The number of benzene rings is 1. The summed E-state index contributed by atoms with van der Waals surface area (Å²) in [6, 6.07) is 8.71. The number of hydrogen-bond donors (Lipinski definition) is 1. The normalized spacial score (nSPS) is 31.2. The van der Waals surface area contributed by atoms with Crippen LogP contribution in [0.3, 0.4) is 0 Å². The lowest BCUT2D eigenvalue weighted by atomic mass is 9.48. The predicted octanol–water partition coefficient (Wildman–Crippen LogP) is 5.05. The Balaban J connectivity index is 1.22. The van der Waals surface area contributed by atoms with E-state index >= 15 is 0 Å². The van der Waals surface area contributed by atoms with Gasteiger partial charge in [-0.3, -0.25) is 4.79 Å². The van der Waals surface area contributed by atoms with Gasteiger partial charge in [0, 0.05) is 5.69 Å². The first-order chi connectivity index (χ1) is 13.1. The number of thioether (sulfide) groups is 1. The van der Waals surface area contributed by atoms with Gasteiger partial charge in [0.15, 0.2) is 4.34 Å². The third-order valence-corrected chi connectivity index (χ3v) is 8.63. The largest absolute Gasteiger partial charge is 0.325 e.